The Labute approximate surface area is 169 Å². The van der Waals surface area contributed by atoms with Gasteiger partial charge < -0.3 is 15.1 Å². The van der Waals surface area contributed by atoms with Gasteiger partial charge in [-0.05, 0) is 24.6 Å². The van der Waals surface area contributed by atoms with Gasteiger partial charge in [-0.1, -0.05) is 42.5 Å². The topological polar surface area (TPSA) is 86.8 Å². The maximum atomic E-state index is 12.4. The van der Waals surface area contributed by atoms with Crippen LogP contribution in [-0.2, 0) is 20.9 Å². The second-order valence-electron chi connectivity index (χ2n) is 6.94. The molecule has 0 spiro atoms. The molecule has 1 heterocycles. The maximum absolute atomic E-state index is 12.4. The molecule has 1 N–H and O–H groups in total. The van der Waals surface area contributed by atoms with Crippen molar-refractivity contribution in [3.63, 3.8) is 0 Å². The van der Waals surface area contributed by atoms with Crippen LogP contribution in [0, 0.1) is 0 Å². The number of hydrogen-bond acceptors (Lipinski definition) is 4. The van der Waals surface area contributed by atoms with Crippen LogP contribution in [0.3, 0.4) is 0 Å². The molecule has 0 atom stereocenters. The Bertz CT molecular complexity index is 927. The molecule has 7 heteroatoms. The second-order valence-corrected chi connectivity index (χ2v) is 6.94. The van der Waals surface area contributed by atoms with Crippen molar-refractivity contribution < 1.29 is 19.2 Å². The molecule has 2 aromatic carbocycles. The van der Waals surface area contributed by atoms with Crippen molar-refractivity contribution in [3.8, 4) is 0 Å². The summed E-state index contributed by atoms with van der Waals surface area (Å²) >= 11 is 0. The fourth-order valence-corrected chi connectivity index (χ4v) is 3.16. The average Bonchev–Trinajstić information content (AvgIpc) is 2.72. The first-order valence-electron chi connectivity index (χ1n) is 9.47. The molecule has 0 aliphatic carbocycles. The lowest BCUT2D eigenvalue weighted by Crippen LogP contribution is -2.54. The van der Waals surface area contributed by atoms with Crippen LogP contribution in [0.1, 0.15) is 29.3 Å². The van der Waals surface area contributed by atoms with Crippen molar-refractivity contribution in [2.75, 3.05) is 25.0 Å². The standard InChI is InChI=1S/C22H23N3O4/c1-16(26)18-8-5-9-19(14-18)23-20(27)10-11-24-12-13-25(22(29)21(24)28)15-17-6-3-2-4-7-17/h2-9,14H,10-13,15H2,1H3,(H,23,27). The summed E-state index contributed by atoms with van der Waals surface area (Å²) in [6, 6.07) is 16.2. The van der Waals surface area contributed by atoms with Crippen LogP contribution in [0.15, 0.2) is 54.6 Å². The van der Waals surface area contributed by atoms with Gasteiger partial charge in [-0.2, -0.15) is 0 Å². The van der Waals surface area contributed by atoms with E-state index < -0.39 is 11.8 Å². The van der Waals surface area contributed by atoms with Gasteiger partial charge in [0.25, 0.3) is 0 Å². The largest absolute Gasteiger partial charge is 0.332 e. The Hall–Kier alpha value is -3.48. The summed E-state index contributed by atoms with van der Waals surface area (Å²) in [5, 5.41) is 2.72. The summed E-state index contributed by atoms with van der Waals surface area (Å²) < 4.78 is 0. The third-order valence-electron chi connectivity index (χ3n) is 4.78. The molecule has 2 aromatic rings. The summed E-state index contributed by atoms with van der Waals surface area (Å²) in [7, 11) is 0. The predicted octanol–water partition coefficient (Wildman–Crippen LogP) is 2.09. The first kappa shape index (κ1) is 20.3. The van der Waals surface area contributed by atoms with Crippen LogP contribution in [-0.4, -0.2) is 52.9 Å². The lowest BCUT2D eigenvalue weighted by Gasteiger charge is -2.33. The molecule has 0 saturated carbocycles. The minimum Gasteiger partial charge on any atom is -0.332 e. The number of anilines is 1. The number of piperazine rings is 1. The van der Waals surface area contributed by atoms with E-state index in [0.29, 0.717) is 30.9 Å². The molecule has 0 aromatic heterocycles. The fourth-order valence-electron chi connectivity index (χ4n) is 3.16. The van der Waals surface area contributed by atoms with Crippen molar-refractivity contribution in [2.45, 2.75) is 19.9 Å². The maximum Gasteiger partial charge on any atom is 0.312 e. The number of nitrogens with zero attached hydrogens (tertiary/aromatic N) is 2. The Morgan fingerprint density at radius 2 is 1.62 bits per heavy atom. The molecule has 3 amide bonds. The van der Waals surface area contributed by atoms with E-state index in [-0.39, 0.29) is 24.7 Å². The number of Topliss-reactive ketones (excluding diaryl/α,β-unsaturated/α-hetero) is 1. The van der Waals surface area contributed by atoms with Gasteiger partial charge in [0.15, 0.2) is 5.78 Å². The van der Waals surface area contributed by atoms with Gasteiger partial charge in [-0.15, -0.1) is 0 Å². The Morgan fingerprint density at radius 1 is 0.931 bits per heavy atom. The van der Waals surface area contributed by atoms with Gasteiger partial charge in [-0.25, -0.2) is 0 Å². The lowest BCUT2D eigenvalue weighted by molar-refractivity contribution is -0.156. The van der Waals surface area contributed by atoms with E-state index in [1.807, 2.05) is 30.3 Å². The van der Waals surface area contributed by atoms with Crippen molar-refractivity contribution in [2.24, 2.45) is 0 Å². The van der Waals surface area contributed by atoms with Crippen LogP contribution in [0.25, 0.3) is 0 Å². The first-order valence-corrected chi connectivity index (χ1v) is 9.47. The number of carbonyl (C=O) groups excluding carboxylic acids is 4. The monoisotopic (exact) mass is 393 g/mol. The Kier molecular flexibility index (Phi) is 6.39. The molecule has 1 fully saturated rings. The second kappa shape index (κ2) is 9.14. The van der Waals surface area contributed by atoms with Crippen LogP contribution >= 0.6 is 0 Å². The van der Waals surface area contributed by atoms with Crippen LogP contribution in [0.5, 0.6) is 0 Å². The lowest BCUT2D eigenvalue weighted by atomic mass is 10.1. The zero-order valence-electron chi connectivity index (χ0n) is 16.3. The Balaban J connectivity index is 1.50. The molecular formula is C22H23N3O4. The summed E-state index contributed by atoms with van der Waals surface area (Å²) in [5.41, 5.74) is 2.00. The number of ketones is 1. The highest BCUT2D eigenvalue weighted by Crippen LogP contribution is 2.13. The van der Waals surface area contributed by atoms with Crippen molar-refractivity contribution in [1.82, 2.24) is 9.80 Å². The van der Waals surface area contributed by atoms with Gasteiger partial charge in [0, 0.05) is 43.9 Å². The smallest absolute Gasteiger partial charge is 0.312 e. The third kappa shape index (κ3) is 5.28. The van der Waals surface area contributed by atoms with Gasteiger partial charge in [0.2, 0.25) is 5.91 Å². The predicted molar refractivity (Wildman–Crippen MR) is 108 cm³/mol. The minimum absolute atomic E-state index is 0.0714. The molecule has 3 rings (SSSR count). The minimum atomic E-state index is -0.585. The van der Waals surface area contributed by atoms with E-state index in [9.17, 15) is 19.2 Å². The molecule has 1 aliphatic rings. The van der Waals surface area contributed by atoms with Crippen LogP contribution in [0.2, 0.25) is 0 Å². The van der Waals surface area contributed by atoms with Gasteiger partial charge in [0.1, 0.15) is 0 Å². The van der Waals surface area contributed by atoms with Gasteiger partial charge >= 0.3 is 11.8 Å². The molecule has 0 radical (unpaired) electrons. The van der Waals surface area contributed by atoms with Crippen LogP contribution in [0.4, 0.5) is 5.69 Å². The van der Waals surface area contributed by atoms with Crippen molar-refractivity contribution in [1.29, 1.82) is 0 Å². The Morgan fingerprint density at radius 3 is 2.34 bits per heavy atom. The van der Waals surface area contributed by atoms with E-state index in [1.54, 1.807) is 24.3 Å². The zero-order chi connectivity index (χ0) is 20.8. The molecular weight excluding hydrogens is 370 g/mol. The number of amides is 3. The first-order chi connectivity index (χ1) is 13.9. The highest BCUT2D eigenvalue weighted by molar-refractivity contribution is 6.35. The summed E-state index contributed by atoms with van der Waals surface area (Å²) in [6.45, 7) is 2.85. The molecule has 1 saturated heterocycles. The molecule has 7 nitrogen and oxygen atoms in total. The molecule has 150 valence electrons. The number of carbonyl (C=O) groups is 4. The number of rotatable bonds is 7. The molecule has 0 unspecified atom stereocenters. The highest BCUT2D eigenvalue weighted by atomic mass is 16.2. The van der Waals surface area contributed by atoms with E-state index >= 15 is 0 Å². The van der Waals surface area contributed by atoms with Gasteiger partial charge in [0.05, 0.1) is 0 Å². The van der Waals surface area contributed by atoms with E-state index in [2.05, 4.69) is 5.32 Å². The zero-order valence-corrected chi connectivity index (χ0v) is 16.3. The quantitative estimate of drug-likeness (QED) is 0.576. The molecule has 29 heavy (non-hydrogen) atoms. The van der Waals surface area contributed by atoms with E-state index in [0.717, 1.165) is 5.56 Å². The number of nitrogens with one attached hydrogen (secondary N) is 1. The summed E-state index contributed by atoms with van der Waals surface area (Å²) in [4.78, 5) is 51.3. The molecule has 0 bridgehead atoms. The third-order valence-corrected chi connectivity index (χ3v) is 4.78. The van der Waals surface area contributed by atoms with Crippen molar-refractivity contribution >= 4 is 29.2 Å². The SMILES string of the molecule is CC(=O)c1cccc(NC(=O)CCN2CCN(Cc3ccccc3)C(=O)C2=O)c1. The molecule has 1 aliphatic heterocycles. The van der Waals surface area contributed by atoms with E-state index in [1.165, 1.54) is 16.7 Å². The van der Waals surface area contributed by atoms with E-state index in [4.69, 9.17) is 0 Å². The van der Waals surface area contributed by atoms with Crippen molar-refractivity contribution in [3.05, 3.63) is 65.7 Å². The fraction of sp³-hybridized carbons (Fsp3) is 0.273. The number of hydrogen-bond donors (Lipinski definition) is 1. The normalized spacial score (nSPS) is 14.1. The summed E-state index contributed by atoms with van der Waals surface area (Å²) in [5.74, 6) is -1.50. The highest BCUT2D eigenvalue weighted by Gasteiger charge is 2.32. The van der Waals surface area contributed by atoms with Gasteiger partial charge in [-0.3, -0.25) is 19.2 Å². The summed E-state index contributed by atoms with van der Waals surface area (Å²) in [6.07, 6.45) is 0.0714. The number of benzene rings is 2. The average molecular weight is 393 g/mol. The van der Waals surface area contributed by atoms with Crippen LogP contribution < -0.4 is 5.32 Å².